The van der Waals surface area contributed by atoms with Crippen molar-refractivity contribution in [1.82, 2.24) is 15.1 Å². The Kier molecular flexibility index (Phi) is 5.18. The number of carbonyl (C=O) groups is 1. The number of amides is 1. The van der Waals surface area contributed by atoms with E-state index in [-0.39, 0.29) is 12.5 Å². The first-order chi connectivity index (χ1) is 11.6. The summed E-state index contributed by atoms with van der Waals surface area (Å²) < 4.78 is 1.92. The molecule has 2 N–H and O–H groups in total. The van der Waals surface area contributed by atoms with Crippen LogP contribution in [-0.2, 0) is 6.54 Å². The van der Waals surface area contributed by atoms with Gasteiger partial charge in [0.25, 0.3) is 5.91 Å². The molecule has 0 bridgehead atoms. The first kappa shape index (κ1) is 17.0. The highest BCUT2D eigenvalue weighted by Gasteiger charge is 2.16. The number of hydrogen-bond donors (Lipinski definition) is 2. The fourth-order valence-corrected chi connectivity index (χ4v) is 3.67. The number of carbonyl (C=O) groups excluding carboxylic acids is 1. The fourth-order valence-electron chi connectivity index (χ4n) is 2.46. The minimum Gasteiger partial charge on any atom is -0.396 e. The molecule has 0 atom stereocenters. The zero-order valence-electron chi connectivity index (χ0n) is 13.3. The van der Waals surface area contributed by atoms with Crippen LogP contribution in [0.3, 0.4) is 0 Å². The molecular weight excluding hydrogens is 346 g/mol. The Labute approximate surface area is 148 Å². The van der Waals surface area contributed by atoms with E-state index in [2.05, 4.69) is 10.4 Å². The van der Waals surface area contributed by atoms with Crippen molar-refractivity contribution >= 4 is 39.1 Å². The van der Waals surface area contributed by atoms with Gasteiger partial charge in [-0.2, -0.15) is 5.10 Å². The molecule has 0 aliphatic rings. The molecule has 0 saturated carbocycles. The van der Waals surface area contributed by atoms with Crippen LogP contribution in [-0.4, -0.2) is 33.9 Å². The largest absolute Gasteiger partial charge is 0.396 e. The molecule has 24 heavy (non-hydrogen) atoms. The molecule has 0 unspecified atom stereocenters. The molecule has 0 fully saturated rings. The summed E-state index contributed by atoms with van der Waals surface area (Å²) in [7, 11) is 0. The van der Waals surface area contributed by atoms with Gasteiger partial charge in [-0.25, -0.2) is 0 Å². The third-order valence-electron chi connectivity index (χ3n) is 3.70. The number of fused-ring (bicyclic) bond motifs is 1. The highest BCUT2D eigenvalue weighted by Crippen LogP contribution is 2.29. The summed E-state index contributed by atoms with van der Waals surface area (Å²) in [5, 5.41) is 17.9. The number of nitrogens with zero attached hydrogens (tertiary/aromatic N) is 2. The monoisotopic (exact) mass is 363 g/mol. The summed E-state index contributed by atoms with van der Waals surface area (Å²) in [5.41, 5.74) is 2.01. The normalized spacial score (nSPS) is 11.1. The van der Waals surface area contributed by atoms with E-state index in [9.17, 15) is 4.79 Å². The van der Waals surface area contributed by atoms with Crippen LogP contribution >= 0.6 is 22.9 Å². The lowest BCUT2D eigenvalue weighted by Crippen LogP contribution is -2.24. The molecule has 0 radical (unpaired) electrons. The van der Waals surface area contributed by atoms with Crippen molar-refractivity contribution in [3.05, 3.63) is 51.5 Å². The maximum Gasteiger partial charge on any atom is 0.261 e. The van der Waals surface area contributed by atoms with Gasteiger partial charge in [-0.15, -0.1) is 11.3 Å². The first-order valence-corrected chi connectivity index (χ1v) is 8.88. The lowest BCUT2D eigenvalue weighted by atomic mass is 10.2. The number of benzene rings is 1. The predicted molar refractivity (Wildman–Crippen MR) is 96.9 cm³/mol. The summed E-state index contributed by atoms with van der Waals surface area (Å²) in [6.07, 6.45) is 0.556. The molecule has 3 rings (SSSR count). The van der Waals surface area contributed by atoms with Crippen LogP contribution in [0.1, 0.15) is 27.3 Å². The third-order valence-corrected chi connectivity index (χ3v) is 5.10. The van der Waals surface area contributed by atoms with Gasteiger partial charge in [-0.1, -0.05) is 23.7 Å². The Hall–Kier alpha value is -1.89. The molecule has 1 aromatic carbocycles. The molecule has 126 valence electrons. The minimum absolute atomic E-state index is 0.0713. The topological polar surface area (TPSA) is 67.2 Å². The van der Waals surface area contributed by atoms with Gasteiger partial charge in [0.1, 0.15) is 4.83 Å². The Morgan fingerprint density at radius 2 is 2.12 bits per heavy atom. The second-order valence-electron chi connectivity index (χ2n) is 5.53. The summed E-state index contributed by atoms with van der Waals surface area (Å²) in [6, 6.07) is 9.55. The van der Waals surface area contributed by atoms with E-state index in [0.717, 1.165) is 21.5 Å². The quantitative estimate of drug-likeness (QED) is 0.661. The average Bonchev–Trinajstić information content (AvgIpc) is 3.12. The summed E-state index contributed by atoms with van der Waals surface area (Å²) >= 11 is 7.36. The van der Waals surface area contributed by atoms with Gasteiger partial charge < -0.3 is 10.4 Å². The lowest BCUT2D eigenvalue weighted by Gasteiger charge is -2.03. The molecule has 1 amide bonds. The summed E-state index contributed by atoms with van der Waals surface area (Å²) in [4.78, 5) is 13.8. The van der Waals surface area contributed by atoms with E-state index in [1.54, 1.807) is 0 Å². The zero-order valence-corrected chi connectivity index (χ0v) is 14.8. The van der Waals surface area contributed by atoms with E-state index < -0.39 is 0 Å². The van der Waals surface area contributed by atoms with E-state index in [1.807, 2.05) is 41.9 Å². The number of rotatable bonds is 6. The van der Waals surface area contributed by atoms with E-state index >= 15 is 0 Å². The number of nitrogens with one attached hydrogen (secondary N) is 1. The number of hydrogen-bond acceptors (Lipinski definition) is 4. The van der Waals surface area contributed by atoms with Gasteiger partial charge in [0, 0.05) is 23.6 Å². The SMILES string of the molecule is Cc1nn(Cc2ccc(Cl)cc2)c2sc(C(=O)NCCCO)cc12. The van der Waals surface area contributed by atoms with Crippen LogP contribution in [0.4, 0.5) is 0 Å². The van der Waals surface area contributed by atoms with Crippen molar-refractivity contribution in [3.8, 4) is 0 Å². The zero-order chi connectivity index (χ0) is 17.1. The maximum atomic E-state index is 12.2. The fraction of sp³-hybridized carbons (Fsp3) is 0.294. The molecule has 0 spiro atoms. The van der Waals surface area contributed by atoms with Crippen LogP contribution in [0.2, 0.25) is 5.02 Å². The predicted octanol–water partition coefficient (Wildman–Crippen LogP) is 3.22. The van der Waals surface area contributed by atoms with Crippen LogP contribution in [0.25, 0.3) is 10.2 Å². The van der Waals surface area contributed by atoms with Gasteiger partial charge in [0.05, 0.1) is 17.1 Å². The highest BCUT2D eigenvalue weighted by molar-refractivity contribution is 7.20. The standard InChI is InChI=1S/C17H18ClN3O2S/c1-11-14-9-15(16(23)19-7-2-8-22)24-17(14)21(20-11)10-12-3-5-13(18)6-4-12/h3-6,9,22H,2,7-8,10H2,1H3,(H,19,23). The second-order valence-corrected chi connectivity index (χ2v) is 7.00. The first-order valence-electron chi connectivity index (χ1n) is 7.69. The number of aliphatic hydroxyl groups is 1. The number of aryl methyl sites for hydroxylation is 1. The maximum absolute atomic E-state index is 12.2. The van der Waals surface area contributed by atoms with Crippen LogP contribution in [0, 0.1) is 6.92 Å². The Bertz CT molecular complexity index is 855. The van der Waals surface area contributed by atoms with E-state index in [4.69, 9.17) is 16.7 Å². The summed E-state index contributed by atoms with van der Waals surface area (Å²) in [6.45, 7) is 3.12. The van der Waals surface area contributed by atoms with Crippen molar-refractivity contribution in [2.45, 2.75) is 19.9 Å². The number of aromatic nitrogens is 2. The minimum atomic E-state index is -0.109. The molecule has 2 heterocycles. The third kappa shape index (κ3) is 3.61. The molecule has 2 aromatic heterocycles. The van der Waals surface area contributed by atoms with Gasteiger partial charge in [0.2, 0.25) is 0 Å². The van der Waals surface area contributed by atoms with Crippen LogP contribution in [0.5, 0.6) is 0 Å². The molecule has 5 nitrogen and oxygen atoms in total. The Morgan fingerprint density at radius 1 is 1.38 bits per heavy atom. The molecule has 0 saturated heterocycles. The lowest BCUT2D eigenvalue weighted by molar-refractivity contribution is 0.0955. The van der Waals surface area contributed by atoms with Crippen molar-refractivity contribution in [3.63, 3.8) is 0 Å². The van der Waals surface area contributed by atoms with Crippen molar-refractivity contribution < 1.29 is 9.90 Å². The van der Waals surface area contributed by atoms with Gasteiger partial charge >= 0.3 is 0 Å². The molecule has 3 aromatic rings. The van der Waals surface area contributed by atoms with E-state index in [1.165, 1.54) is 11.3 Å². The second kappa shape index (κ2) is 7.34. The number of aliphatic hydroxyl groups excluding tert-OH is 1. The number of halogens is 1. The van der Waals surface area contributed by atoms with Crippen LogP contribution < -0.4 is 5.32 Å². The molecule has 0 aliphatic carbocycles. The molecule has 0 aliphatic heterocycles. The molecular formula is C17H18ClN3O2S. The van der Waals surface area contributed by atoms with Gasteiger partial charge in [-0.05, 0) is 37.1 Å². The van der Waals surface area contributed by atoms with Gasteiger partial charge in [0.15, 0.2) is 0 Å². The van der Waals surface area contributed by atoms with Crippen molar-refractivity contribution in [2.24, 2.45) is 0 Å². The van der Waals surface area contributed by atoms with Crippen molar-refractivity contribution in [2.75, 3.05) is 13.2 Å². The van der Waals surface area contributed by atoms with Crippen molar-refractivity contribution in [1.29, 1.82) is 0 Å². The molecule has 7 heteroatoms. The Morgan fingerprint density at radius 3 is 2.83 bits per heavy atom. The number of thiophene rings is 1. The van der Waals surface area contributed by atoms with E-state index in [0.29, 0.717) is 29.4 Å². The smallest absolute Gasteiger partial charge is 0.261 e. The summed E-state index contributed by atoms with van der Waals surface area (Å²) in [5.74, 6) is -0.109. The van der Waals surface area contributed by atoms with Crippen LogP contribution in [0.15, 0.2) is 30.3 Å². The average molecular weight is 364 g/mol. The van der Waals surface area contributed by atoms with Gasteiger partial charge in [-0.3, -0.25) is 9.48 Å². The highest BCUT2D eigenvalue weighted by atomic mass is 35.5. The Balaban J connectivity index is 1.84.